The largest absolute Gasteiger partial charge is 0.444 e. The molecule has 3 aromatic rings. The van der Waals surface area contributed by atoms with Crippen molar-refractivity contribution in [2.24, 2.45) is 5.92 Å². The van der Waals surface area contributed by atoms with Gasteiger partial charge in [0.05, 0.1) is 16.8 Å². The third kappa shape index (κ3) is 6.21. The number of ether oxygens (including phenoxy) is 1. The summed E-state index contributed by atoms with van der Waals surface area (Å²) in [7, 11) is -3.64. The monoisotopic (exact) mass is 562 g/mol. The quantitative estimate of drug-likeness (QED) is 0.425. The molecule has 202 valence electrons. The van der Waals surface area contributed by atoms with Gasteiger partial charge in [-0.05, 0) is 57.0 Å². The van der Waals surface area contributed by atoms with Crippen molar-refractivity contribution in [3.8, 4) is 11.3 Å². The predicted molar refractivity (Wildman–Crippen MR) is 140 cm³/mol. The zero-order valence-corrected chi connectivity index (χ0v) is 23.0. The van der Waals surface area contributed by atoms with E-state index in [1.54, 1.807) is 44.0 Å². The SMILES string of the molecule is CC(C)(C)OC(=O)N1CCC([C@H](c2ccc(Cl)c(F)c2)n2ccc(-c3ccnc(S(C)(=O)=O)n3)cc2=O)C1. The molecule has 2 atom stereocenters. The zero-order chi connectivity index (χ0) is 27.8. The Hall–Kier alpha value is -3.31. The van der Waals surface area contributed by atoms with Gasteiger partial charge in [0.15, 0.2) is 0 Å². The molecule has 1 amide bonds. The molecule has 38 heavy (non-hydrogen) atoms. The van der Waals surface area contributed by atoms with E-state index >= 15 is 0 Å². The van der Waals surface area contributed by atoms with Gasteiger partial charge in [-0.3, -0.25) is 4.79 Å². The van der Waals surface area contributed by atoms with Crippen molar-refractivity contribution in [3.05, 3.63) is 75.5 Å². The van der Waals surface area contributed by atoms with E-state index in [1.807, 2.05) is 0 Å². The molecule has 0 aliphatic carbocycles. The van der Waals surface area contributed by atoms with Crippen LogP contribution in [0.5, 0.6) is 0 Å². The van der Waals surface area contributed by atoms with E-state index in [1.165, 1.54) is 35.0 Å². The first-order valence-electron chi connectivity index (χ1n) is 11.9. The molecule has 1 aliphatic heterocycles. The summed E-state index contributed by atoms with van der Waals surface area (Å²) in [6.07, 6.45) is 3.99. The van der Waals surface area contributed by atoms with Gasteiger partial charge in [0, 0.05) is 49.3 Å². The molecule has 1 unspecified atom stereocenters. The third-order valence-electron chi connectivity index (χ3n) is 6.12. The molecule has 0 spiro atoms. The Morgan fingerprint density at radius 2 is 1.95 bits per heavy atom. The van der Waals surface area contributed by atoms with E-state index in [9.17, 15) is 22.4 Å². The summed E-state index contributed by atoms with van der Waals surface area (Å²) in [4.78, 5) is 35.5. The summed E-state index contributed by atoms with van der Waals surface area (Å²) < 4.78 is 45.2. The second-order valence-corrected chi connectivity index (χ2v) is 12.6. The van der Waals surface area contributed by atoms with Crippen LogP contribution in [0.25, 0.3) is 11.3 Å². The highest BCUT2D eigenvalue weighted by molar-refractivity contribution is 7.90. The number of carbonyl (C=O) groups excluding carboxylic acids is 1. The fraction of sp³-hybridized carbons (Fsp3) is 0.385. The molecule has 12 heteroatoms. The highest BCUT2D eigenvalue weighted by Crippen LogP contribution is 2.35. The molecule has 3 heterocycles. The van der Waals surface area contributed by atoms with Crippen molar-refractivity contribution in [2.75, 3.05) is 19.3 Å². The molecule has 9 nitrogen and oxygen atoms in total. The summed E-state index contributed by atoms with van der Waals surface area (Å²) in [6.45, 7) is 6.09. The lowest BCUT2D eigenvalue weighted by molar-refractivity contribution is 0.0285. The number of aromatic nitrogens is 3. The molecule has 1 aromatic carbocycles. The number of likely N-dealkylation sites (tertiary alicyclic amines) is 1. The first kappa shape index (κ1) is 27.7. The Labute approximate surface area is 225 Å². The maximum atomic E-state index is 14.5. The number of hydrogen-bond acceptors (Lipinski definition) is 7. The van der Waals surface area contributed by atoms with Crippen LogP contribution in [-0.2, 0) is 14.6 Å². The lowest BCUT2D eigenvalue weighted by Gasteiger charge is -2.28. The van der Waals surface area contributed by atoms with Crippen molar-refractivity contribution in [2.45, 2.75) is 44.0 Å². The Morgan fingerprint density at radius 3 is 2.58 bits per heavy atom. The fourth-order valence-corrected chi connectivity index (χ4v) is 5.09. The molecule has 1 aliphatic rings. The van der Waals surface area contributed by atoms with E-state index in [4.69, 9.17) is 16.3 Å². The van der Waals surface area contributed by atoms with Gasteiger partial charge in [0.2, 0.25) is 15.0 Å². The van der Waals surface area contributed by atoms with E-state index in [0.717, 1.165) is 6.26 Å². The molecular weight excluding hydrogens is 535 g/mol. The van der Waals surface area contributed by atoms with Crippen LogP contribution in [0.1, 0.15) is 38.8 Å². The van der Waals surface area contributed by atoms with Crippen molar-refractivity contribution in [3.63, 3.8) is 0 Å². The molecule has 2 aromatic heterocycles. The van der Waals surface area contributed by atoms with Crippen LogP contribution >= 0.6 is 11.6 Å². The van der Waals surface area contributed by atoms with E-state index < -0.39 is 38.9 Å². The minimum Gasteiger partial charge on any atom is -0.444 e. The average Bonchev–Trinajstić information content (AvgIpc) is 3.31. The Kier molecular flexibility index (Phi) is 7.62. The summed E-state index contributed by atoms with van der Waals surface area (Å²) >= 11 is 5.91. The first-order valence-corrected chi connectivity index (χ1v) is 14.2. The zero-order valence-electron chi connectivity index (χ0n) is 21.4. The van der Waals surface area contributed by atoms with Crippen LogP contribution in [0.3, 0.4) is 0 Å². The van der Waals surface area contributed by atoms with Crippen LogP contribution in [0, 0.1) is 11.7 Å². The predicted octanol–water partition coefficient (Wildman–Crippen LogP) is 4.35. The second kappa shape index (κ2) is 10.5. The normalized spacial score (nSPS) is 16.9. The number of carbonyl (C=O) groups is 1. The van der Waals surface area contributed by atoms with E-state index in [-0.39, 0.29) is 21.8 Å². The molecule has 0 saturated carbocycles. The number of halogens is 2. The standard InChI is InChI=1S/C26H28ClFN4O5S/c1-26(2,3)37-25(34)31-11-8-18(15-31)23(17-5-6-19(27)20(28)13-17)32-12-9-16(14-22(32)33)21-7-10-29-24(30-21)38(4,35)36/h5-7,9-10,12-14,18,23H,8,11,15H2,1-4H3/t18?,23-/m0/s1. The van der Waals surface area contributed by atoms with E-state index in [2.05, 4.69) is 9.97 Å². The molecule has 1 saturated heterocycles. The average molecular weight is 563 g/mol. The maximum Gasteiger partial charge on any atom is 0.410 e. The van der Waals surface area contributed by atoms with Crippen LogP contribution in [0.15, 0.2) is 58.7 Å². The number of nitrogens with zero attached hydrogens (tertiary/aromatic N) is 4. The van der Waals surface area contributed by atoms with Gasteiger partial charge in [-0.1, -0.05) is 17.7 Å². The molecular formula is C26H28ClFN4O5S. The summed E-state index contributed by atoms with van der Waals surface area (Å²) in [5, 5.41) is -0.385. The van der Waals surface area contributed by atoms with Gasteiger partial charge < -0.3 is 14.2 Å². The highest BCUT2D eigenvalue weighted by atomic mass is 35.5. The van der Waals surface area contributed by atoms with Crippen molar-refractivity contribution in [1.29, 1.82) is 0 Å². The van der Waals surface area contributed by atoms with Crippen LogP contribution < -0.4 is 5.56 Å². The molecule has 4 rings (SSSR count). The number of benzene rings is 1. The number of hydrogen-bond donors (Lipinski definition) is 0. The van der Waals surface area contributed by atoms with E-state index in [0.29, 0.717) is 30.6 Å². The van der Waals surface area contributed by atoms with Crippen molar-refractivity contribution < 1.29 is 22.3 Å². The lowest BCUT2D eigenvalue weighted by Crippen LogP contribution is -2.37. The number of rotatable bonds is 5. The van der Waals surface area contributed by atoms with Gasteiger partial charge in [-0.25, -0.2) is 27.6 Å². The number of pyridine rings is 1. The fourth-order valence-electron chi connectivity index (χ4n) is 4.45. The second-order valence-electron chi connectivity index (χ2n) is 10.3. The van der Waals surface area contributed by atoms with Gasteiger partial charge in [0.25, 0.3) is 5.56 Å². The minimum atomic E-state index is -3.64. The van der Waals surface area contributed by atoms with Gasteiger partial charge in [-0.15, -0.1) is 0 Å². The topological polar surface area (TPSA) is 111 Å². The smallest absolute Gasteiger partial charge is 0.410 e. The minimum absolute atomic E-state index is 0.0394. The number of sulfone groups is 1. The Balaban J connectivity index is 1.72. The van der Waals surface area contributed by atoms with Gasteiger partial charge in [0.1, 0.15) is 11.4 Å². The molecule has 1 fully saturated rings. The summed E-state index contributed by atoms with van der Waals surface area (Å²) in [5.74, 6) is -0.836. The van der Waals surface area contributed by atoms with Crippen LogP contribution in [0.4, 0.5) is 9.18 Å². The summed E-state index contributed by atoms with van der Waals surface area (Å²) in [6, 6.07) is 8.28. The van der Waals surface area contributed by atoms with Crippen molar-refractivity contribution >= 4 is 27.5 Å². The van der Waals surface area contributed by atoms with Crippen LogP contribution in [0.2, 0.25) is 5.02 Å². The maximum absolute atomic E-state index is 14.5. The summed E-state index contributed by atoms with van der Waals surface area (Å²) in [5.41, 5.74) is 0.146. The lowest BCUT2D eigenvalue weighted by atomic mass is 9.91. The first-order chi connectivity index (χ1) is 17.7. The van der Waals surface area contributed by atoms with Gasteiger partial charge in [-0.2, -0.15) is 0 Å². The highest BCUT2D eigenvalue weighted by Gasteiger charge is 2.36. The molecule has 0 bridgehead atoms. The Bertz CT molecular complexity index is 1540. The number of amides is 1. The van der Waals surface area contributed by atoms with Gasteiger partial charge >= 0.3 is 6.09 Å². The third-order valence-corrected chi connectivity index (χ3v) is 7.28. The molecule has 0 radical (unpaired) electrons. The molecule has 0 N–H and O–H groups in total. The van der Waals surface area contributed by atoms with Crippen LogP contribution in [-0.4, -0.2) is 58.9 Å². The van der Waals surface area contributed by atoms with Crippen molar-refractivity contribution in [1.82, 2.24) is 19.4 Å². The Morgan fingerprint density at radius 1 is 1.21 bits per heavy atom.